The highest BCUT2D eigenvalue weighted by molar-refractivity contribution is 6.12. The van der Waals surface area contributed by atoms with Crippen molar-refractivity contribution in [3.63, 3.8) is 0 Å². The maximum absolute atomic E-state index is 2.39. The number of fused-ring (bicyclic) bond motifs is 4. The molecule has 0 aliphatic heterocycles. The molecule has 1 heterocycles. The summed E-state index contributed by atoms with van der Waals surface area (Å²) in [6, 6.07) is 77.0. The summed E-state index contributed by atoms with van der Waals surface area (Å²) in [5.41, 5.74) is 15.5. The number of benzene rings is 9. The van der Waals surface area contributed by atoms with Gasteiger partial charge in [0.15, 0.2) is 0 Å². The monoisotopic (exact) mass is 702 g/mol. The molecular weight excluding hydrogens is 665 g/mol. The maximum Gasteiger partial charge on any atom is 0.0541 e. The highest BCUT2D eigenvalue weighted by Gasteiger charge is 2.17. The molecule has 0 aliphatic carbocycles. The van der Waals surface area contributed by atoms with Gasteiger partial charge in [-0.1, -0.05) is 151 Å². The minimum atomic E-state index is 1.11. The van der Waals surface area contributed by atoms with Crippen molar-refractivity contribution in [2.24, 2.45) is 0 Å². The predicted molar refractivity (Wildman–Crippen MR) is 234 cm³/mol. The van der Waals surface area contributed by atoms with Gasteiger partial charge in [-0.05, 0) is 118 Å². The Morgan fingerprint density at radius 1 is 0.327 bits per heavy atom. The number of aromatic nitrogens is 1. The third kappa shape index (κ3) is 5.85. The number of para-hydroxylation sites is 2. The van der Waals surface area contributed by atoms with Gasteiger partial charge in [0.1, 0.15) is 0 Å². The smallest absolute Gasteiger partial charge is 0.0541 e. The number of hydrogen-bond acceptors (Lipinski definition) is 1. The van der Waals surface area contributed by atoms with Crippen LogP contribution >= 0.6 is 0 Å². The first-order valence-corrected chi connectivity index (χ1v) is 18.9. The lowest BCUT2D eigenvalue weighted by atomic mass is 9.91. The molecule has 0 saturated heterocycles. The molecule has 0 amide bonds. The van der Waals surface area contributed by atoms with Crippen molar-refractivity contribution < 1.29 is 0 Å². The molecule has 1 aromatic heterocycles. The van der Waals surface area contributed by atoms with E-state index >= 15 is 0 Å². The van der Waals surface area contributed by atoms with Crippen LogP contribution in [0.25, 0.3) is 71.6 Å². The Morgan fingerprint density at radius 3 is 1.45 bits per heavy atom. The van der Waals surface area contributed by atoms with E-state index < -0.39 is 0 Å². The highest BCUT2D eigenvalue weighted by atomic mass is 15.1. The molecule has 0 spiro atoms. The normalized spacial score (nSPS) is 11.4. The van der Waals surface area contributed by atoms with Crippen molar-refractivity contribution in [1.29, 1.82) is 0 Å². The molecule has 55 heavy (non-hydrogen) atoms. The van der Waals surface area contributed by atoms with Gasteiger partial charge in [0, 0.05) is 33.5 Å². The average Bonchev–Trinajstić information content (AvgIpc) is 3.58. The van der Waals surface area contributed by atoms with Crippen LogP contribution in [-0.2, 0) is 0 Å². The fraction of sp³-hybridized carbons (Fsp3) is 0.0189. The first kappa shape index (κ1) is 32.5. The largest absolute Gasteiger partial charge is 0.311 e. The lowest BCUT2D eigenvalue weighted by Crippen LogP contribution is -2.09. The topological polar surface area (TPSA) is 8.17 Å². The molecular formula is C53H38N2. The molecule has 0 unspecified atom stereocenters. The molecule has 0 radical (unpaired) electrons. The van der Waals surface area contributed by atoms with Gasteiger partial charge in [0.2, 0.25) is 0 Å². The van der Waals surface area contributed by atoms with Gasteiger partial charge in [-0.15, -0.1) is 0 Å². The molecule has 0 saturated carbocycles. The molecule has 260 valence electrons. The first-order chi connectivity index (χ1) is 27.2. The van der Waals surface area contributed by atoms with Crippen molar-refractivity contribution in [3.05, 3.63) is 218 Å². The van der Waals surface area contributed by atoms with Crippen LogP contribution in [0.3, 0.4) is 0 Å². The number of rotatable bonds is 7. The molecule has 0 aliphatic rings. The number of hydrogen-bond donors (Lipinski definition) is 0. The molecule has 0 bridgehead atoms. The maximum atomic E-state index is 2.39. The number of anilines is 3. The van der Waals surface area contributed by atoms with Gasteiger partial charge < -0.3 is 9.47 Å². The SMILES string of the molecule is Cc1ccc(-n2c3ccccc3c3cc(-c4ccc(-c5ccc(N(c6ccccc6)c6ccc(-c7ccccc7)cc6)cc5)c5ccccc45)ccc32)cc1. The van der Waals surface area contributed by atoms with Crippen molar-refractivity contribution in [2.75, 3.05) is 4.90 Å². The second-order valence-corrected chi connectivity index (χ2v) is 14.3. The Balaban J connectivity index is 1.03. The summed E-state index contributed by atoms with van der Waals surface area (Å²) in [4.78, 5) is 2.33. The Morgan fingerprint density at radius 2 is 0.800 bits per heavy atom. The Bertz CT molecular complexity index is 2940. The first-order valence-electron chi connectivity index (χ1n) is 18.9. The molecule has 10 aromatic rings. The van der Waals surface area contributed by atoms with Crippen LogP contribution in [-0.4, -0.2) is 4.57 Å². The van der Waals surface area contributed by atoms with E-state index in [1.54, 1.807) is 0 Å². The van der Waals surface area contributed by atoms with Gasteiger partial charge in [-0.2, -0.15) is 0 Å². The van der Waals surface area contributed by atoms with E-state index in [1.165, 1.54) is 77.2 Å². The second-order valence-electron chi connectivity index (χ2n) is 14.3. The van der Waals surface area contributed by atoms with E-state index in [9.17, 15) is 0 Å². The second kappa shape index (κ2) is 13.7. The Hall–Kier alpha value is -7.16. The molecule has 9 aromatic carbocycles. The van der Waals surface area contributed by atoms with Gasteiger partial charge in [0.05, 0.1) is 11.0 Å². The van der Waals surface area contributed by atoms with Gasteiger partial charge in [-0.25, -0.2) is 0 Å². The van der Waals surface area contributed by atoms with E-state index in [-0.39, 0.29) is 0 Å². The summed E-state index contributed by atoms with van der Waals surface area (Å²) in [7, 11) is 0. The third-order valence-corrected chi connectivity index (χ3v) is 10.9. The van der Waals surface area contributed by atoms with Crippen molar-refractivity contribution in [1.82, 2.24) is 4.57 Å². The summed E-state index contributed by atoms with van der Waals surface area (Å²) in [5.74, 6) is 0. The van der Waals surface area contributed by atoms with Gasteiger partial charge in [0.25, 0.3) is 0 Å². The molecule has 2 nitrogen and oxygen atoms in total. The van der Waals surface area contributed by atoms with Crippen LogP contribution in [0.1, 0.15) is 5.56 Å². The van der Waals surface area contributed by atoms with Crippen LogP contribution in [0.5, 0.6) is 0 Å². The van der Waals surface area contributed by atoms with E-state index in [0.717, 1.165) is 17.1 Å². The Labute approximate surface area is 321 Å². The zero-order valence-electron chi connectivity index (χ0n) is 30.6. The lowest BCUT2D eigenvalue weighted by molar-refractivity contribution is 1.17. The Kier molecular flexibility index (Phi) is 8.08. The number of nitrogens with zero attached hydrogens (tertiary/aromatic N) is 2. The van der Waals surface area contributed by atoms with E-state index in [0.29, 0.717) is 0 Å². The zero-order valence-corrected chi connectivity index (χ0v) is 30.6. The summed E-state index contributed by atoms with van der Waals surface area (Å²) in [5, 5.41) is 5.01. The fourth-order valence-corrected chi connectivity index (χ4v) is 8.16. The van der Waals surface area contributed by atoms with Crippen LogP contribution < -0.4 is 4.90 Å². The van der Waals surface area contributed by atoms with E-state index in [4.69, 9.17) is 0 Å². The van der Waals surface area contributed by atoms with Crippen molar-refractivity contribution in [3.8, 4) is 39.1 Å². The van der Waals surface area contributed by atoms with Crippen LogP contribution in [0, 0.1) is 6.92 Å². The van der Waals surface area contributed by atoms with Crippen LogP contribution in [0.15, 0.2) is 212 Å². The summed E-state index contributed by atoms with van der Waals surface area (Å²) < 4.78 is 2.39. The minimum Gasteiger partial charge on any atom is -0.311 e. The van der Waals surface area contributed by atoms with Gasteiger partial charge >= 0.3 is 0 Å². The predicted octanol–water partition coefficient (Wildman–Crippen LogP) is 14.7. The van der Waals surface area contributed by atoms with Crippen LogP contribution in [0.2, 0.25) is 0 Å². The van der Waals surface area contributed by atoms with E-state index in [2.05, 4.69) is 229 Å². The van der Waals surface area contributed by atoms with Crippen molar-refractivity contribution >= 4 is 49.6 Å². The highest BCUT2D eigenvalue weighted by Crippen LogP contribution is 2.41. The van der Waals surface area contributed by atoms with Crippen molar-refractivity contribution in [2.45, 2.75) is 6.92 Å². The van der Waals surface area contributed by atoms with E-state index in [1.807, 2.05) is 0 Å². The lowest BCUT2D eigenvalue weighted by Gasteiger charge is -2.26. The summed E-state index contributed by atoms with van der Waals surface area (Å²) >= 11 is 0. The molecule has 0 N–H and O–H groups in total. The summed E-state index contributed by atoms with van der Waals surface area (Å²) in [6.45, 7) is 2.14. The molecule has 10 rings (SSSR count). The molecule has 0 fully saturated rings. The molecule has 0 atom stereocenters. The molecule has 2 heteroatoms. The van der Waals surface area contributed by atoms with Crippen LogP contribution in [0.4, 0.5) is 17.1 Å². The standard InChI is InChI=1S/C53H38N2/c1-37-20-27-45(28-21-37)55-52-19-11-10-18-50(52)51-36-41(26-35-53(51)55)47-34-33-46(48-16-8-9-17-49(47)48)40-24-31-44(32-25-40)54(42-14-6-3-7-15-42)43-29-22-39(23-30-43)38-12-4-2-5-13-38/h2-36H,1H3. The zero-order chi connectivity index (χ0) is 36.7. The number of aryl methyl sites for hydroxylation is 1. The minimum absolute atomic E-state index is 1.11. The van der Waals surface area contributed by atoms with Gasteiger partial charge in [-0.3, -0.25) is 0 Å². The fourth-order valence-electron chi connectivity index (χ4n) is 8.16. The quantitative estimate of drug-likeness (QED) is 0.160. The summed E-state index contributed by atoms with van der Waals surface area (Å²) in [6.07, 6.45) is 0. The third-order valence-electron chi connectivity index (χ3n) is 10.9. The average molecular weight is 703 g/mol.